The Balaban J connectivity index is 2.21. The molecule has 0 saturated heterocycles. The quantitative estimate of drug-likeness (QED) is 0.835. The molecular weight excluding hydrogens is 318 g/mol. The Morgan fingerprint density at radius 3 is 2.70 bits per heavy atom. The zero-order valence-electron chi connectivity index (χ0n) is 12.3. The summed E-state index contributed by atoms with van der Waals surface area (Å²) in [6.45, 7) is 8.18. The van der Waals surface area contributed by atoms with E-state index in [4.69, 9.17) is 4.42 Å². The maximum absolute atomic E-state index is 5.70. The first kappa shape index (κ1) is 15.3. The summed E-state index contributed by atoms with van der Waals surface area (Å²) in [4.78, 5) is 0. The molecular formula is C15H22BrN3O. The number of likely N-dealkylation sites (N-methyl/N-ethyl adjacent to an activating group) is 1. The molecule has 1 atom stereocenters. The highest BCUT2D eigenvalue weighted by atomic mass is 79.9. The molecule has 2 rings (SSSR count). The number of aromatic nitrogens is 2. The molecule has 5 heteroatoms. The normalized spacial score (nSPS) is 12.8. The number of nitrogens with one attached hydrogen (secondary N) is 1. The highest BCUT2D eigenvalue weighted by molar-refractivity contribution is 9.10. The molecule has 0 amide bonds. The third kappa shape index (κ3) is 3.52. The van der Waals surface area contributed by atoms with Crippen LogP contribution in [-0.2, 0) is 19.4 Å². The van der Waals surface area contributed by atoms with Gasteiger partial charge in [-0.3, -0.25) is 4.68 Å². The molecule has 0 aliphatic heterocycles. The Labute approximate surface area is 128 Å². The van der Waals surface area contributed by atoms with Crippen molar-refractivity contribution < 1.29 is 4.42 Å². The molecule has 20 heavy (non-hydrogen) atoms. The van der Waals surface area contributed by atoms with E-state index < -0.39 is 0 Å². The van der Waals surface area contributed by atoms with Crippen LogP contribution < -0.4 is 5.32 Å². The molecule has 4 nitrogen and oxygen atoms in total. The summed E-state index contributed by atoms with van der Waals surface area (Å²) in [5.41, 5.74) is 2.40. The van der Waals surface area contributed by atoms with Crippen LogP contribution in [0.25, 0.3) is 0 Å². The monoisotopic (exact) mass is 339 g/mol. The van der Waals surface area contributed by atoms with Gasteiger partial charge in [0.25, 0.3) is 0 Å². The second-order valence-electron chi connectivity index (χ2n) is 4.75. The minimum absolute atomic E-state index is 0.179. The summed E-state index contributed by atoms with van der Waals surface area (Å²) in [6, 6.07) is 6.34. The van der Waals surface area contributed by atoms with Crippen molar-refractivity contribution in [3.63, 3.8) is 0 Å². The van der Waals surface area contributed by atoms with Crippen molar-refractivity contribution in [2.45, 2.75) is 46.2 Å². The van der Waals surface area contributed by atoms with Gasteiger partial charge in [-0.2, -0.15) is 5.10 Å². The predicted octanol–water partition coefficient (Wildman–Crippen LogP) is 3.71. The van der Waals surface area contributed by atoms with Crippen LogP contribution in [0.1, 0.15) is 44.0 Å². The van der Waals surface area contributed by atoms with E-state index in [0.717, 1.165) is 42.1 Å². The lowest BCUT2D eigenvalue weighted by atomic mass is 10.1. The Hall–Kier alpha value is -1.07. The molecule has 2 heterocycles. The molecule has 0 aliphatic rings. The topological polar surface area (TPSA) is 43.0 Å². The molecule has 1 unspecified atom stereocenters. The Morgan fingerprint density at radius 2 is 2.15 bits per heavy atom. The first-order valence-electron chi connectivity index (χ1n) is 7.22. The first-order valence-corrected chi connectivity index (χ1v) is 8.01. The number of halogens is 1. The second-order valence-corrected chi connectivity index (χ2v) is 5.53. The van der Waals surface area contributed by atoms with Gasteiger partial charge in [-0.05, 0) is 54.0 Å². The van der Waals surface area contributed by atoms with Crippen LogP contribution in [0.3, 0.4) is 0 Å². The SMILES string of the molecule is CCNC(Cc1cc(CC)nn1CC)c1ccc(Br)o1. The molecule has 2 aromatic heterocycles. The number of hydrogen-bond acceptors (Lipinski definition) is 3. The molecule has 2 aromatic rings. The van der Waals surface area contributed by atoms with E-state index in [9.17, 15) is 0 Å². The fourth-order valence-electron chi connectivity index (χ4n) is 2.37. The maximum atomic E-state index is 5.70. The summed E-state index contributed by atoms with van der Waals surface area (Å²) in [5.74, 6) is 0.959. The van der Waals surface area contributed by atoms with Gasteiger partial charge in [-0.25, -0.2) is 0 Å². The Morgan fingerprint density at radius 1 is 1.35 bits per heavy atom. The van der Waals surface area contributed by atoms with Crippen molar-refractivity contribution in [1.29, 1.82) is 0 Å². The zero-order chi connectivity index (χ0) is 14.5. The van der Waals surface area contributed by atoms with Gasteiger partial charge < -0.3 is 9.73 Å². The lowest BCUT2D eigenvalue weighted by molar-refractivity contribution is 0.398. The van der Waals surface area contributed by atoms with Crippen LogP contribution in [0.2, 0.25) is 0 Å². The lowest BCUT2D eigenvalue weighted by Crippen LogP contribution is -2.23. The van der Waals surface area contributed by atoms with Crippen molar-refractivity contribution >= 4 is 15.9 Å². The van der Waals surface area contributed by atoms with Crippen LogP contribution in [-0.4, -0.2) is 16.3 Å². The van der Waals surface area contributed by atoms with E-state index in [1.165, 1.54) is 5.69 Å². The van der Waals surface area contributed by atoms with E-state index in [1.54, 1.807) is 0 Å². The van der Waals surface area contributed by atoms with Crippen LogP contribution in [0.15, 0.2) is 27.3 Å². The zero-order valence-corrected chi connectivity index (χ0v) is 13.9. The van der Waals surface area contributed by atoms with Crippen LogP contribution in [0.4, 0.5) is 0 Å². The Kier molecular flexibility index (Phi) is 5.43. The highest BCUT2D eigenvalue weighted by Gasteiger charge is 2.18. The van der Waals surface area contributed by atoms with Gasteiger partial charge in [0, 0.05) is 18.7 Å². The summed E-state index contributed by atoms with van der Waals surface area (Å²) < 4.78 is 8.56. The fourth-order valence-corrected chi connectivity index (χ4v) is 2.69. The fraction of sp³-hybridized carbons (Fsp3) is 0.533. The second kappa shape index (κ2) is 7.09. The van der Waals surface area contributed by atoms with Crippen LogP contribution >= 0.6 is 15.9 Å². The van der Waals surface area contributed by atoms with Crippen molar-refractivity contribution in [3.05, 3.63) is 40.0 Å². The van der Waals surface area contributed by atoms with Gasteiger partial charge in [-0.1, -0.05) is 13.8 Å². The predicted molar refractivity (Wildman–Crippen MR) is 83.8 cm³/mol. The number of nitrogens with zero attached hydrogens (tertiary/aromatic N) is 2. The summed E-state index contributed by atoms with van der Waals surface area (Å²) in [7, 11) is 0. The molecule has 0 fully saturated rings. The van der Waals surface area contributed by atoms with Gasteiger partial charge >= 0.3 is 0 Å². The van der Waals surface area contributed by atoms with Gasteiger partial charge in [0.15, 0.2) is 4.67 Å². The van der Waals surface area contributed by atoms with Crippen LogP contribution in [0, 0.1) is 0 Å². The van der Waals surface area contributed by atoms with E-state index in [-0.39, 0.29) is 6.04 Å². The summed E-state index contributed by atoms with van der Waals surface area (Å²) in [5, 5.41) is 8.09. The third-order valence-corrected chi connectivity index (χ3v) is 3.80. The maximum Gasteiger partial charge on any atom is 0.169 e. The molecule has 0 aromatic carbocycles. The van der Waals surface area contributed by atoms with Gasteiger partial charge in [0.1, 0.15) is 5.76 Å². The van der Waals surface area contributed by atoms with E-state index in [1.807, 2.05) is 12.1 Å². The third-order valence-electron chi connectivity index (χ3n) is 3.38. The molecule has 110 valence electrons. The molecule has 0 spiro atoms. The number of furan rings is 1. The largest absolute Gasteiger partial charge is 0.453 e. The smallest absolute Gasteiger partial charge is 0.169 e. The number of rotatable bonds is 7. The molecule has 0 aliphatic carbocycles. The van der Waals surface area contributed by atoms with Crippen molar-refractivity contribution in [2.24, 2.45) is 0 Å². The van der Waals surface area contributed by atoms with Gasteiger partial charge in [-0.15, -0.1) is 0 Å². The molecule has 1 N–H and O–H groups in total. The Bertz CT molecular complexity index is 547. The lowest BCUT2D eigenvalue weighted by Gasteiger charge is -2.16. The minimum atomic E-state index is 0.179. The molecule has 0 radical (unpaired) electrons. The van der Waals surface area contributed by atoms with Crippen molar-refractivity contribution in [3.8, 4) is 0 Å². The van der Waals surface area contributed by atoms with E-state index in [0.29, 0.717) is 0 Å². The highest BCUT2D eigenvalue weighted by Crippen LogP contribution is 2.24. The van der Waals surface area contributed by atoms with E-state index in [2.05, 4.69) is 57.9 Å². The van der Waals surface area contributed by atoms with Gasteiger partial charge in [0.2, 0.25) is 0 Å². The summed E-state index contributed by atoms with van der Waals surface area (Å²) >= 11 is 3.37. The number of aryl methyl sites for hydroxylation is 2. The molecule has 0 bridgehead atoms. The molecule has 0 saturated carbocycles. The van der Waals surface area contributed by atoms with Crippen molar-refractivity contribution in [2.75, 3.05) is 6.54 Å². The van der Waals surface area contributed by atoms with Crippen molar-refractivity contribution in [1.82, 2.24) is 15.1 Å². The average molecular weight is 340 g/mol. The van der Waals surface area contributed by atoms with E-state index >= 15 is 0 Å². The van der Waals surface area contributed by atoms with Crippen LogP contribution in [0.5, 0.6) is 0 Å². The minimum Gasteiger partial charge on any atom is -0.453 e. The summed E-state index contributed by atoms with van der Waals surface area (Å²) in [6.07, 6.45) is 1.85. The number of hydrogen-bond donors (Lipinski definition) is 1. The average Bonchev–Trinajstić information content (AvgIpc) is 3.04. The van der Waals surface area contributed by atoms with Gasteiger partial charge in [0.05, 0.1) is 11.7 Å². The standard InChI is InChI=1S/C15H22BrN3O/c1-4-11-9-12(19(6-3)18-11)10-13(17-5-2)14-7-8-15(16)20-14/h7-9,13,17H,4-6,10H2,1-3H3. The first-order chi connectivity index (χ1) is 9.67.